The highest BCUT2D eigenvalue weighted by Crippen LogP contribution is 2.15. The summed E-state index contributed by atoms with van der Waals surface area (Å²) in [6.07, 6.45) is 2.80. The molecule has 1 aromatic heterocycles. The van der Waals surface area contributed by atoms with Gasteiger partial charge in [-0.15, -0.1) is 0 Å². The smallest absolute Gasteiger partial charge is 0.270 e. The number of nitrogens with zero attached hydrogens (tertiary/aromatic N) is 1. The first kappa shape index (κ1) is 10.5. The zero-order chi connectivity index (χ0) is 10.8. The number of aromatic amines is 1. The zero-order valence-corrected chi connectivity index (χ0v) is 9.00. The molecule has 0 aromatic carbocycles. The van der Waals surface area contributed by atoms with Gasteiger partial charge < -0.3 is 15.0 Å². The summed E-state index contributed by atoms with van der Waals surface area (Å²) in [5.41, 5.74) is 0.481. The highest BCUT2D eigenvalue weighted by atomic mass is 35.5. The van der Waals surface area contributed by atoms with Gasteiger partial charge in [-0.25, -0.2) is 0 Å². The molecule has 0 spiro atoms. The molecule has 1 aromatic rings. The summed E-state index contributed by atoms with van der Waals surface area (Å²) in [4.78, 5) is 16.3. The molecule has 2 rings (SSSR count). The van der Waals surface area contributed by atoms with Crippen LogP contribution in [0.2, 0.25) is 5.02 Å². The average Bonchev–Trinajstić information content (AvgIpc) is 2.64. The van der Waals surface area contributed by atoms with Crippen molar-refractivity contribution >= 4 is 17.5 Å². The summed E-state index contributed by atoms with van der Waals surface area (Å²) < 4.78 is 0. The Hall–Kier alpha value is -1.00. The summed E-state index contributed by atoms with van der Waals surface area (Å²) in [6, 6.07) is 1.60. The number of likely N-dealkylation sites (tertiary alicyclic amines) is 1. The number of aliphatic hydroxyl groups excluding tert-OH is 1. The third-order valence-corrected chi connectivity index (χ3v) is 2.78. The van der Waals surface area contributed by atoms with Crippen LogP contribution in [0.15, 0.2) is 12.3 Å². The second-order valence-corrected chi connectivity index (χ2v) is 4.22. The molecule has 0 bridgehead atoms. The number of halogens is 1. The van der Waals surface area contributed by atoms with Crippen LogP contribution < -0.4 is 0 Å². The highest BCUT2D eigenvalue weighted by Gasteiger charge is 2.23. The number of piperidine rings is 1. The number of H-pyrrole nitrogens is 1. The number of carbonyl (C=O) groups excluding carboxylic acids is 1. The highest BCUT2D eigenvalue weighted by molar-refractivity contribution is 6.30. The fourth-order valence-corrected chi connectivity index (χ4v) is 1.96. The molecule has 0 saturated carbocycles. The van der Waals surface area contributed by atoms with Crippen LogP contribution in [0.25, 0.3) is 0 Å². The molecular formula is C10H13ClN2O2. The number of hydrogen-bond donors (Lipinski definition) is 2. The third kappa shape index (κ3) is 2.33. The van der Waals surface area contributed by atoms with E-state index >= 15 is 0 Å². The van der Waals surface area contributed by atoms with Crippen molar-refractivity contribution in [2.75, 3.05) is 13.1 Å². The van der Waals surface area contributed by atoms with E-state index in [0.29, 0.717) is 23.8 Å². The summed E-state index contributed by atoms with van der Waals surface area (Å²) in [6.45, 7) is 1.11. The summed E-state index contributed by atoms with van der Waals surface area (Å²) in [5, 5.41) is 9.97. The number of rotatable bonds is 1. The Morgan fingerprint density at radius 2 is 2.47 bits per heavy atom. The lowest BCUT2D eigenvalue weighted by Gasteiger charge is -2.29. The number of aromatic nitrogens is 1. The lowest BCUT2D eigenvalue weighted by molar-refractivity contribution is 0.0469. The van der Waals surface area contributed by atoms with Crippen LogP contribution in [0.1, 0.15) is 23.3 Å². The van der Waals surface area contributed by atoms with Gasteiger partial charge >= 0.3 is 0 Å². The molecule has 1 saturated heterocycles. The fraction of sp³-hybridized carbons (Fsp3) is 0.500. The van der Waals surface area contributed by atoms with Crippen LogP contribution in [0.4, 0.5) is 0 Å². The van der Waals surface area contributed by atoms with Gasteiger partial charge in [0.25, 0.3) is 5.91 Å². The number of amides is 1. The molecule has 82 valence electrons. The van der Waals surface area contributed by atoms with Crippen LogP contribution in [0.3, 0.4) is 0 Å². The molecule has 2 N–H and O–H groups in total. The molecule has 0 radical (unpaired) electrons. The number of carbonyl (C=O) groups is 1. The van der Waals surface area contributed by atoms with Gasteiger partial charge in [0.05, 0.1) is 11.1 Å². The van der Waals surface area contributed by atoms with Gasteiger partial charge in [0.2, 0.25) is 0 Å². The Kier molecular flexibility index (Phi) is 2.98. The van der Waals surface area contributed by atoms with Crippen molar-refractivity contribution in [1.29, 1.82) is 0 Å². The molecule has 5 heteroatoms. The largest absolute Gasteiger partial charge is 0.391 e. The van der Waals surface area contributed by atoms with E-state index in [9.17, 15) is 9.90 Å². The molecule has 0 unspecified atom stereocenters. The molecule has 1 amide bonds. The molecule has 15 heavy (non-hydrogen) atoms. The number of aliphatic hydroxyl groups is 1. The van der Waals surface area contributed by atoms with E-state index < -0.39 is 6.10 Å². The SMILES string of the molecule is O=C(c1cc(Cl)c[nH]1)N1CCC[C@H](O)C1. The molecule has 1 atom stereocenters. The van der Waals surface area contributed by atoms with Gasteiger partial charge in [0.15, 0.2) is 0 Å². The van der Waals surface area contributed by atoms with Gasteiger partial charge in [-0.2, -0.15) is 0 Å². The van der Waals surface area contributed by atoms with E-state index in [4.69, 9.17) is 11.6 Å². The molecular weight excluding hydrogens is 216 g/mol. The predicted octanol–water partition coefficient (Wildman–Crippen LogP) is 1.26. The van der Waals surface area contributed by atoms with Crippen LogP contribution in [0, 0.1) is 0 Å². The van der Waals surface area contributed by atoms with Gasteiger partial charge in [0, 0.05) is 19.3 Å². The summed E-state index contributed by atoms with van der Waals surface area (Å²) in [5.74, 6) is -0.0966. The fourth-order valence-electron chi connectivity index (χ4n) is 1.80. The van der Waals surface area contributed by atoms with Crippen molar-refractivity contribution < 1.29 is 9.90 Å². The van der Waals surface area contributed by atoms with E-state index in [1.807, 2.05) is 0 Å². The predicted molar refractivity (Wildman–Crippen MR) is 56.9 cm³/mol. The minimum absolute atomic E-state index is 0.0966. The minimum atomic E-state index is -0.395. The van der Waals surface area contributed by atoms with Crippen LogP contribution in [-0.4, -0.2) is 40.1 Å². The van der Waals surface area contributed by atoms with E-state index in [0.717, 1.165) is 12.8 Å². The number of hydrogen-bond acceptors (Lipinski definition) is 2. The van der Waals surface area contributed by atoms with Crippen LogP contribution >= 0.6 is 11.6 Å². The van der Waals surface area contributed by atoms with Gasteiger partial charge in [-0.05, 0) is 18.9 Å². The maximum Gasteiger partial charge on any atom is 0.270 e. The molecule has 0 aliphatic carbocycles. The van der Waals surface area contributed by atoms with Crippen LogP contribution in [0.5, 0.6) is 0 Å². The van der Waals surface area contributed by atoms with Crippen LogP contribution in [-0.2, 0) is 0 Å². The van der Waals surface area contributed by atoms with Gasteiger partial charge in [0.1, 0.15) is 5.69 Å². The molecule has 1 aliphatic heterocycles. The van der Waals surface area contributed by atoms with Crippen molar-refractivity contribution in [3.05, 3.63) is 23.0 Å². The standard InChI is InChI=1S/C10H13ClN2O2/c11-7-4-9(12-5-7)10(15)13-3-1-2-8(14)6-13/h4-5,8,12,14H,1-3,6H2/t8-/m0/s1. The second-order valence-electron chi connectivity index (χ2n) is 3.78. The van der Waals surface area contributed by atoms with Crippen molar-refractivity contribution in [1.82, 2.24) is 9.88 Å². The normalized spacial score (nSPS) is 21.7. The molecule has 1 fully saturated rings. The second kappa shape index (κ2) is 4.24. The Morgan fingerprint density at radius 1 is 1.67 bits per heavy atom. The monoisotopic (exact) mass is 228 g/mol. The van der Waals surface area contributed by atoms with Gasteiger partial charge in [-0.1, -0.05) is 11.6 Å². The molecule has 4 nitrogen and oxygen atoms in total. The Labute approximate surface area is 92.8 Å². The average molecular weight is 229 g/mol. The van der Waals surface area contributed by atoms with E-state index in [-0.39, 0.29) is 5.91 Å². The number of β-amino-alcohol motifs (C(OH)–C–C–N with tert-alkyl or cyclic N) is 1. The Balaban J connectivity index is 2.07. The summed E-state index contributed by atoms with van der Waals surface area (Å²) >= 11 is 5.72. The first-order valence-corrected chi connectivity index (χ1v) is 5.36. The Morgan fingerprint density at radius 3 is 3.07 bits per heavy atom. The van der Waals surface area contributed by atoms with Crippen molar-refractivity contribution in [2.24, 2.45) is 0 Å². The third-order valence-electron chi connectivity index (χ3n) is 2.56. The maximum absolute atomic E-state index is 11.9. The lowest BCUT2D eigenvalue weighted by atomic mass is 10.1. The first-order chi connectivity index (χ1) is 7.16. The zero-order valence-electron chi connectivity index (χ0n) is 8.24. The van der Waals surface area contributed by atoms with Gasteiger partial charge in [-0.3, -0.25) is 4.79 Å². The Bertz CT molecular complexity index is 364. The quantitative estimate of drug-likeness (QED) is 0.761. The first-order valence-electron chi connectivity index (χ1n) is 4.98. The van der Waals surface area contributed by atoms with E-state index in [1.165, 1.54) is 0 Å². The topological polar surface area (TPSA) is 56.3 Å². The minimum Gasteiger partial charge on any atom is -0.391 e. The van der Waals surface area contributed by atoms with E-state index in [2.05, 4.69) is 4.98 Å². The van der Waals surface area contributed by atoms with Crippen molar-refractivity contribution in [3.63, 3.8) is 0 Å². The molecule has 2 heterocycles. The summed E-state index contributed by atoms with van der Waals surface area (Å²) in [7, 11) is 0. The van der Waals surface area contributed by atoms with Crippen molar-refractivity contribution in [2.45, 2.75) is 18.9 Å². The lowest BCUT2D eigenvalue weighted by Crippen LogP contribution is -2.42. The molecule has 1 aliphatic rings. The number of nitrogens with one attached hydrogen (secondary N) is 1. The van der Waals surface area contributed by atoms with Crippen molar-refractivity contribution in [3.8, 4) is 0 Å². The van der Waals surface area contributed by atoms with E-state index in [1.54, 1.807) is 17.2 Å². The maximum atomic E-state index is 11.9.